The third kappa shape index (κ3) is 4.91. The van der Waals surface area contributed by atoms with Crippen molar-refractivity contribution in [2.75, 3.05) is 45.9 Å². The minimum Gasteiger partial charge on any atom is -0.493 e. The van der Waals surface area contributed by atoms with Gasteiger partial charge in [0.2, 0.25) is 0 Å². The van der Waals surface area contributed by atoms with Crippen LogP contribution in [0.15, 0.2) is 48.5 Å². The number of piperazine rings is 1. The fourth-order valence-corrected chi connectivity index (χ4v) is 3.95. The number of carbonyl (C=O) groups excluding carboxylic acids is 1. The van der Waals surface area contributed by atoms with Crippen molar-refractivity contribution in [2.45, 2.75) is 19.4 Å². The highest BCUT2D eigenvalue weighted by Gasteiger charge is 2.17. The Morgan fingerprint density at radius 1 is 1.00 bits per heavy atom. The minimum atomic E-state index is 0.0161. The molecule has 5 nitrogen and oxygen atoms in total. The van der Waals surface area contributed by atoms with Gasteiger partial charge in [0, 0.05) is 51.3 Å². The number of hydrogen-bond donors (Lipinski definition) is 1. The number of rotatable bonds is 7. The summed E-state index contributed by atoms with van der Waals surface area (Å²) in [6, 6.07) is 16.4. The van der Waals surface area contributed by atoms with Crippen molar-refractivity contribution in [3.8, 4) is 5.75 Å². The van der Waals surface area contributed by atoms with E-state index in [-0.39, 0.29) is 5.91 Å². The molecule has 2 aromatic carbocycles. The van der Waals surface area contributed by atoms with Crippen LogP contribution in [0.25, 0.3) is 0 Å². The normalized spacial score (nSPS) is 17.1. The van der Waals surface area contributed by atoms with Crippen LogP contribution in [-0.2, 0) is 13.0 Å². The van der Waals surface area contributed by atoms with E-state index in [9.17, 15) is 4.79 Å². The highest BCUT2D eigenvalue weighted by Crippen LogP contribution is 2.25. The number of amides is 1. The molecule has 2 aliphatic rings. The summed E-state index contributed by atoms with van der Waals surface area (Å²) in [6.07, 6.45) is 1.88. The third-order valence-corrected chi connectivity index (χ3v) is 5.60. The van der Waals surface area contributed by atoms with Crippen LogP contribution in [0.3, 0.4) is 0 Å². The van der Waals surface area contributed by atoms with E-state index in [2.05, 4.69) is 45.4 Å². The number of fused-ring (bicyclic) bond motifs is 1. The van der Waals surface area contributed by atoms with Crippen molar-refractivity contribution in [1.29, 1.82) is 0 Å². The standard InChI is InChI=1S/C23H29N3O2/c27-23(21-7-8-22-20(17-21)9-16-28-22)24-10-4-11-25-12-14-26(15-13-25)18-19-5-2-1-3-6-19/h1-3,5-8,17H,4,9-16,18H2,(H,24,27). The first kappa shape index (κ1) is 19.0. The van der Waals surface area contributed by atoms with Crippen molar-refractivity contribution in [3.05, 3.63) is 65.2 Å². The number of carbonyl (C=O) groups is 1. The Morgan fingerprint density at radius 3 is 2.61 bits per heavy atom. The van der Waals surface area contributed by atoms with Gasteiger partial charge in [0.15, 0.2) is 0 Å². The summed E-state index contributed by atoms with van der Waals surface area (Å²) >= 11 is 0. The maximum absolute atomic E-state index is 12.3. The minimum absolute atomic E-state index is 0.0161. The molecule has 28 heavy (non-hydrogen) atoms. The summed E-state index contributed by atoms with van der Waals surface area (Å²) in [5.74, 6) is 0.935. The molecule has 5 heteroatoms. The van der Waals surface area contributed by atoms with Crippen LogP contribution < -0.4 is 10.1 Å². The second kappa shape index (κ2) is 9.22. The Morgan fingerprint density at radius 2 is 1.79 bits per heavy atom. The fraction of sp³-hybridized carbons (Fsp3) is 0.435. The average molecular weight is 380 g/mol. The molecule has 0 bridgehead atoms. The zero-order valence-corrected chi connectivity index (χ0v) is 16.4. The summed E-state index contributed by atoms with van der Waals surface area (Å²) in [6.45, 7) is 7.94. The van der Waals surface area contributed by atoms with Gasteiger partial charge in [0.25, 0.3) is 5.91 Å². The maximum Gasteiger partial charge on any atom is 0.251 e. The highest BCUT2D eigenvalue weighted by atomic mass is 16.5. The van der Waals surface area contributed by atoms with E-state index in [0.29, 0.717) is 0 Å². The van der Waals surface area contributed by atoms with Gasteiger partial charge in [-0.05, 0) is 42.3 Å². The van der Waals surface area contributed by atoms with E-state index >= 15 is 0 Å². The van der Waals surface area contributed by atoms with Crippen LogP contribution in [0, 0.1) is 0 Å². The molecule has 2 aliphatic heterocycles. The smallest absolute Gasteiger partial charge is 0.251 e. The molecule has 0 atom stereocenters. The van der Waals surface area contributed by atoms with Crippen molar-refractivity contribution in [1.82, 2.24) is 15.1 Å². The summed E-state index contributed by atoms with van der Waals surface area (Å²) in [5.41, 5.74) is 3.26. The van der Waals surface area contributed by atoms with Gasteiger partial charge in [-0.1, -0.05) is 30.3 Å². The van der Waals surface area contributed by atoms with Crippen LogP contribution in [0.2, 0.25) is 0 Å². The number of ether oxygens (including phenoxy) is 1. The first-order chi connectivity index (χ1) is 13.8. The predicted octanol–water partition coefficient (Wildman–Crippen LogP) is 2.56. The molecule has 2 aromatic rings. The lowest BCUT2D eigenvalue weighted by Crippen LogP contribution is -2.46. The topological polar surface area (TPSA) is 44.8 Å². The monoisotopic (exact) mass is 379 g/mol. The number of nitrogens with one attached hydrogen (secondary N) is 1. The molecule has 0 saturated carbocycles. The van der Waals surface area contributed by atoms with Gasteiger partial charge in [0.05, 0.1) is 6.61 Å². The van der Waals surface area contributed by atoms with Crippen LogP contribution >= 0.6 is 0 Å². The first-order valence-corrected chi connectivity index (χ1v) is 10.3. The van der Waals surface area contributed by atoms with E-state index in [1.54, 1.807) is 0 Å². The Balaban J connectivity index is 1.13. The average Bonchev–Trinajstić information content (AvgIpc) is 3.21. The second-order valence-corrected chi connectivity index (χ2v) is 7.63. The van der Waals surface area contributed by atoms with E-state index < -0.39 is 0 Å². The zero-order chi connectivity index (χ0) is 19.2. The number of nitrogens with zero attached hydrogens (tertiary/aromatic N) is 2. The van der Waals surface area contributed by atoms with Crippen molar-refractivity contribution >= 4 is 5.91 Å². The lowest BCUT2D eigenvalue weighted by Gasteiger charge is -2.34. The lowest BCUT2D eigenvalue weighted by molar-refractivity contribution is 0.0947. The van der Waals surface area contributed by atoms with Gasteiger partial charge >= 0.3 is 0 Å². The molecule has 1 amide bonds. The number of hydrogen-bond acceptors (Lipinski definition) is 4. The molecule has 1 fully saturated rings. The molecule has 148 valence electrons. The molecule has 1 saturated heterocycles. The molecule has 4 rings (SSSR count). The molecular formula is C23H29N3O2. The number of benzene rings is 2. The van der Waals surface area contributed by atoms with Crippen LogP contribution in [0.1, 0.15) is 27.9 Å². The quantitative estimate of drug-likeness (QED) is 0.751. The first-order valence-electron chi connectivity index (χ1n) is 10.3. The maximum atomic E-state index is 12.3. The van der Waals surface area contributed by atoms with E-state index in [4.69, 9.17) is 4.74 Å². The Labute approximate surface area is 167 Å². The summed E-state index contributed by atoms with van der Waals surface area (Å²) < 4.78 is 5.50. The molecule has 0 spiro atoms. The van der Waals surface area contributed by atoms with Crippen molar-refractivity contribution in [2.24, 2.45) is 0 Å². The largest absolute Gasteiger partial charge is 0.493 e. The van der Waals surface area contributed by atoms with Crippen molar-refractivity contribution < 1.29 is 9.53 Å². The highest BCUT2D eigenvalue weighted by molar-refractivity contribution is 5.94. The fourth-order valence-electron chi connectivity index (χ4n) is 3.95. The van der Waals surface area contributed by atoms with Gasteiger partial charge < -0.3 is 15.0 Å². The third-order valence-electron chi connectivity index (χ3n) is 5.60. The molecule has 2 heterocycles. The Bertz CT molecular complexity index is 786. The van der Waals surface area contributed by atoms with Gasteiger partial charge in [-0.2, -0.15) is 0 Å². The van der Waals surface area contributed by atoms with E-state index in [0.717, 1.165) is 82.1 Å². The molecular weight excluding hydrogens is 350 g/mol. The molecule has 0 radical (unpaired) electrons. The SMILES string of the molecule is O=C(NCCCN1CCN(Cc2ccccc2)CC1)c1ccc2c(c1)CCO2. The van der Waals surface area contributed by atoms with Crippen LogP contribution in [-0.4, -0.2) is 61.6 Å². The summed E-state index contributed by atoms with van der Waals surface area (Å²) in [7, 11) is 0. The Hall–Kier alpha value is -2.37. The molecule has 0 unspecified atom stereocenters. The van der Waals surface area contributed by atoms with E-state index in [1.165, 1.54) is 5.56 Å². The molecule has 1 N–H and O–H groups in total. The van der Waals surface area contributed by atoms with Gasteiger partial charge in [0.1, 0.15) is 5.75 Å². The predicted molar refractivity (Wildman–Crippen MR) is 111 cm³/mol. The van der Waals surface area contributed by atoms with Gasteiger partial charge in [-0.3, -0.25) is 9.69 Å². The van der Waals surface area contributed by atoms with Crippen molar-refractivity contribution in [3.63, 3.8) is 0 Å². The van der Waals surface area contributed by atoms with Crippen LogP contribution in [0.4, 0.5) is 0 Å². The van der Waals surface area contributed by atoms with E-state index in [1.807, 2.05) is 18.2 Å². The second-order valence-electron chi connectivity index (χ2n) is 7.63. The molecule has 0 aliphatic carbocycles. The van der Waals surface area contributed by atoms with Crippen LogP contribution in [0.5, 0.6) is 5.75 Å². The Kier molecular flexibility index (Phi) is 6.24. The summed E-state index contributed by atoms with van der Waals surface area (Å²) in [4.78, 5) is 17.4. The van der Waals surface area contributed by atoms with Gasteiger partial charge in [-0.15, -0.1) is 0 Å². The lowest BCUT2D eigenvalue weighted by atomic mass is 10.1. The van der Waals surface area contributed by atoms with Gasteiger partial charge in [-0.25, -0.2) is 0 Å². The molecule has 0 aromatic heterocycles. The summed E-state index contributed by atoms with van der Waals surface area (Å²) in [5, 5.41) is 3.05. The zero-order valence-electron chi connectivity index (χ0n) is 16.4.